The maximum atomic E-state index is 3.43. The minimum absolute atomic E-state index is 0.574. The van der Waals surface area contributed by atoms with Crippen LogP contribution in [0.2, 0.25) is 0 Å². The highest BCUT2D eigenvalue weighted by molar-refractivity contribution is 7.09. The lowest BCUT2D eigenvalue weighted by Crippen LogP contribution is -2.27. The van der Waals surface area contributed by atoms with E-state index in [1.54, 1.807) is 0 Å². The zero-order valence-corrected chi connectivity index (χ0v) is 12.0. The van der Waals surface area contributed by atoms with E-state index in [0.29, 0.717) is 6.04 Å². The molecule has 1 nitrogen and oxygen atoms in total. The van der Waals surface area contributed by atoms with Gasteiger partial charge in [0, 0.05) is 10.9 Å². The van der Waals surface area contributed by atoms with Gasteiger partial charge in [0.15, 0.2) is 0 Å². The van der Waals surface area contributed by atoms with Crippen LogP contribution in [0.15, 0.2) is 41.8 Å². The molecule has 1 aromatic heterocycles. The third-order valence-corrected chi connectivity index (χ3v) is 4.24. The summed E-state index contributed by atoms with van der Waals surface area (Å²) in [7, 11) is 2.06. The van der Waals surface area contributed by atoms with Crippen LogP contribution in [0.1, 0.15) is 22.4 Å². The Morgan fingerprint density at radius 2 is 1.94 bits per heavy atom. The molecule has 0 bridgehead atoms. The average molecular weight is 259 g/mol. The van der Waals surface area contributed by atoms with Crippen molar-refractivity contribution >= 4 is 11.3 Å². The molecular weight excluding hydrogens is 238 g/mol. The van der Waals surface area contributed by atoms with E-state index in [1.165, 1.54) is 22.4 Å². The topological polar surface area (TPSA) is 12.0 Å². The van der Waals surface area contributed by atoms with Gasteiger partial charge in [-0.15, -0.1) is 11.3 Å². The molecule has 1 N–H and O–H groups in total. The first-order valence-corrected chi connectivity index (χ1v) is 7.41. The van der Waals surface area contributed by atoms with Gasteiger partial charge in [-0.2, -0.15) is 0 Å². The molecule has 0 spiro atoms. The molecule has 0 amide bonds. The van der Waals surface area contributed by atoms with Crippen LogP contribution in [0.3, 0.4) is 0 Å². The third kappa shape index (κ3) is 3.97. The van der Waals surface area contributed by atoms with Crippen molar-refractivity contribution in [3.8, 4) is 0 Å². The first-order valence-electron chi connectivity index (χ1n) is 6.53. The van der Waals surface area contributed by atoms with E-state index >= 15 is 0 Å². The second-order valence-electron chi connectivity index (χ2n) is 4.79. The monoisotopic (exact) mass is 259 g/mol. The lowest BCUT2D eigenvalue weighted by Gasteiger charge is -2.15. The van der Waals surface area contributed by atoms with Crippen LogP contribution in [-0.2, 0) is 12.8 Å². The molecule has 0 fully saturated rings. The van der Waals surface area contributed by atoms with Crippen molar-refractivity contribution in [2.45, 2.75) is 32.2 Å². The highest BCUT2D eigenvalue weighted by atomic mass is 32.1. The Kier molecular flexibility index (Phi) is 4.97. The van der Waals surface area contributed by atoms with Crippen molar-refractivity contribution in [1.82, 2.24) is 5.32 Å². The highest BCUT2D eigenvalue weighted by Gasteiger charge is 2.08. The number of hydrogen-bond acceptors (Lipinski definition) is 2. The van der Waals surface area contributed by atoms with E-state index in [-0.39, 0.29) is 0 Å². The zero-order valence-electron chi connectivity index (χ0n) is 11.1. The molecule has 1 unspecified atom stereocenters. The number of hydrogen-bond donors (Lipinski definition) is 1. The summed E-state index contributed by atoms with van der Waals surface area (Å²) in [5, 5.41) is 5.58. The number of thiophene rings is 1. The fraction of sp³-hybridized carbons (Fsp3) is 0.375. The summed E-state index contributed by atoms with van der Waals surface area (Å²) in [4.78, 5) is 1.47. The smallest absolute Gasteiger partial charge is 0.0115 e. The molecule has 0 aliphatic rings. The second kappa shape index (κ2) is 6.72. The van der Waals surface area contributed by atoms with Gasteiger partial charge in [-0.25, -0.2) is 0 Å². The van der Waals surface area contributed by atoms with E-state index in [0.717, 1.165) is 12.8 Å². The quantitative estimate of drug-likeness (QED) is 0.831. The van der Waals surface area contributed by atoms with Gasteiger partial charge in [0.25, 0.3) is 0 Å². The van der Waals surface area contributed by atoms with Crippen LogP contribution in [0.4, 0.5) is 0 Å². The zero-order chi connectivity index (χ0) is 12.8. The van der Waals surface area contributed by atoms with Gasteiger partial charge in [-0.05, 0) is 50.2 Å². The van der Waals surface area contributed by atoms with Gasteiger partial charge in [-0.1, -0.05) is 35.9 Å². The second-order valence-corrected chi connectivity index (χ2v) is 5.83. The number of benzene rings is 1. The van der Waals surface area contributed by atoms with Gasteiger partial charge in [-0.3, -0.25) is 0 Å². The first-order chi connectivity index (χ1) is 8.78. The van der Waals surface area contributed by atoms with Crippen molar-refractivity contribution in [2.75, 3.05) is 7.05 Å². The van der Waals surface area contributed by atoms with Crippen LogP contribution in [-0.4, -0.2) is 13.1 Å². The largest absolute Gasteiger partial charge is 0.317 e. The summed E-state index contributed by atoms with van der Waals surface area (Å²) in [5.74, 6) is 0. The summed E-state index contributed by atoms with van der Waals surface area (Å²) in [6, 6.07) is 13.8. The molecule has 1 aromatic carbocycles. The Morgan fingerprint density at radius 3 is 2.56 bits per heavy atom. The Morgan fingerprint density at radius 1 is 1.17 bits per heavy atom. The normalized spacial score (nSPS) is 12.6. The van der Waals surface area contributed by atoms with Gasteiger partial charge in [0.05, 0.1) is 0 Å². The van der Waals surface area contributed by atoms with Crippen molar-refractivity contribution < 1.29 is 0 Å². The van der Waals surface area contributed by atoms with Crippen molar-refractivity contribution in [3.63, 3.8) is 0 Å². The van der Waals surface area contributed by atoms with E-state index in [9.17, 15) is 0 Å². The minimum Gasteiger partial charge on any atom is -0.317 e. The standard InChI is InChI=1S/C16H21NS/c1-13-5-7-14(8-6-13)9-10-15(17-2)12-16-4-3-11-18-16/h3-8,11,15,17H,9-10,12H2,1-2H3. The van der Waals surface area contributed by atoms with Gasteiger partial charge in [0.2, 0.25) is 0 Å². The summed E-state index contributed by atoms with van der Waals surface area (Å²) in [5.41, 5.74) is 2.77. The van der Waals surface area contributed by atoms with Crippen LogP contribution in [0.5, 0.6) is 0 Å². The highest BCUT2D eigenvalue weighted by Crippen LogP contribution is 2.14. The Labute approximate surface area is 114 Å². The number of rotatable bonds is 6. The fourth-order valence-corrected chi connectivity index (χ4v) is 2.90. The van der Waals surface area contributed by atoms with E-state index in [2.05, 4.69) is 61.1 Å². The molecule has 0 saturated carbocycles. The summed E-state index contributed by atoms with van der Waals surface area (Å²) >= 11 is 1.85. The summed E-state index contributed by atoms with van der Waals surface area (Å²) in [6.07, 6.45) is 3.48. The van der Waals surface area contributed by atoms with Gasteiger partial charge >= 0.3 is 0 Å². The third-order valence-electron chi connectivity index (χ3n) is 3.34. The summed E-state index contributed by atoms with van der Waals surface area (Å²) < 4.78 is 0. The van der Waals surface area contributed by atoms with Gasteiger partial charge < -0.3 is 5.32 Å². The lowest BCUT2D eigenvalue weighted by atomic mass is 10.0. The van der Waals surface area contributed by atoms with Crippen LogP contribution in [0.25, 0.3) is 0 Å². The molecule has 2 heteroatoms. The molecule has 0 saturated heterocycles. The molecule has 2 aromatic rings. The number of aryl methyl sites for hydroxylation is 2. The molecule has 1 heterocycles. The van der Waals surface area contributed by atoms with E-state index in [1.807, 2.05) is 11.3 Å². The molecular formula is C16H21NS. The maximum absolute atomic E-state index is 3.43. The van der Waals surface area contributed by atoms with Gasteiger partial charge in [0.1, 0.15) is 0 Å². The summed E-state index contributed by atoms with van der Waals surface area (Å²) in [6.45, 7) is 2.14. The molecule has 18 heavy (non-hydrogen) atoms. The van der Waals surface area contributed by atoms with E-state index in [4.69, 9.17) is 0 Å². The molecule has 1 atom stereocenters. The molecule has 0 radical (unpaired) electrons. The molecule has 96 valence electrons. The first kappa shape index (κ1) is 13.3. The Bertz CT molecular complexity index is 444. The number of likely N-dealkylation sites (N-methyl/N-ethyl adjacent to an activating group) is 1. The Hall–Kier alpha value is -1.12. The predicted octanol–water partition coefficient (Wildman–Crippen LogP) is 3.82. The number of nitrogens with one attached hydrogen (secondary N) is 1. The average Bonchev–Trinajstić information content (AvgIpc) is 2.89. The van der Waals surface area contributed by atoms with Crippen molar-refractivity contribution in [2.24, 2.45) is 0 Å². The predicted molar refractivity (Wildman–Crippen MR) is 80.4 cm³/mol. The Balaban J connectivity index is 1.85. The molecule has 0 aliphatic heterocycles. The van der Waals surface area contributed by atoms with E-state index < -0.39 is 0 Å². The van der Waals surface area contributed by atoms with Crippen molar-refractivity contribution in [3.05, 3.63) is 57.8 Å². The lowest BCUT2D eigenvalue weighted by molar-refractivity contribution is 0.523. The molecule has 2 rings (SSSR count). The van der Waals surface area contributed by atoms with Crippen LogP contribution < -0.4 is 5.32 Å². The van der Waals surface area contributed by atoms with Crippen LogP contribution in [0, 0.1) is 6.92 Å². The minimum atomic E-state index is 0.574. The van der Waals surface area contributed by atoms with Crippen LogP contribution >= 0.6 is 11.3 Å². The van der Waals surface area contributed by atoms with Crippen molar-refractivity contribution in [1.29, 1.82) is 0 Å². The SMILES string of the molecule is CNC(CCc1ccc(C)cc1)Cc1cccs1. The maximum Gasteiger partial charge on any atom is 0.0115 e. The fourth-order valence-electron chi connectivity index (χ4n) is 2.12. The molecule has 0 aliphatic carbocycles.